The van der Waals surface area contributed by atoms with Gasteiger partial charge in [-0.2, -0.15) is 0 Å². The number of phenols is 3. The minimum atomic E-state index is -0.778. The fraction of sp³-hybridized carbons (Fsp3) is 0.200. The highest BCUT2D eigenvalue weighted by molar-refractivity contribution is 8.93. The fourth-order valence-electron chi connectivity index (χ4n) is 2.16. The zero-order valence-corrected chi connectivity index (χ0v) is 17.0. The van der Waals surface area contributed by atoms with Crippen molar-refractivity contribution < 1.29 is 29.6 Å². The highest BCUT2D eigenvalue weighted by Gasteiger charge is 2.19. The number of esters is 1. The number of hydrogen-bond acceptors (Lipinski definition) is 7. The van der Waals surface area contributed by atoms with Crippen LogP contribution in [0.1, 0.15) is 29.8 Å². The summed E-state index contributed by atoms with van der Waals surface area (Å²) in [6, 6.07) is 6.99. The molecule has 2 rings (SSSR count). The van der Waals surface area contributed by atoms with Gasteiger partial charge in [0.25, 0.3) is 0 Å². The molecule has 2 aromatic rings. The van der Waals surface area contributed by atoms with Gasteiger partial charge in [0, 0.05) is 11.6 Å². The first-order valence-corrected chi connectivity index (χ1v) is 8.23. The summed E-state index contributed by atoms with van der Waals surface area (Å²) in [7, 11) is 0. The molecule has 0 unspecified atom stereocenters. The normalized spacial score (nSPS) is 11.9. The molecule has 0 saturated heterocycles. The Morgan fingerprint density at radius 1 is 1.04 bits per heavy atom. The standard InChI is InChI=1S/C20H21NO6.BrH/c1-11(2)19(21)20(26)27-14-6-3-12(18(25)10-14)4-7-16(23)15-9-13(22)5-8-17(15)24;/h3-11,19,22,24-25H,21H2,1-2H3;1H/b7-4+;/t19-;/m0./s1. The van der Waals surface area contributed by atoms with Crippen LogP contribution in [-0.4, -0.2) is 33.1 Å². The number of carbonyl (C=O) groups is 2. The largest absolute Gasteiger partial charge is 0.508 e. The Kier molecular flexibility index (Phi) is 8.21. The molecule has 7 nitrogen and oxygen atoms in total. The number of nitrogens with two attached hydrogens (primary N) is 1. The summed E-state index contributed by atoms with van der Waals surface area (Å²) in [5, 5.41) is 29.2. The van der Waals surface area contributed by atoms with Crippen LogP contribution in [-0.2, 0) is 4.79 Å². The molecule has 0 bridgehead atoms. The number of phenolic OH excluding ortho intramolecular Hbond substituents is 3. The Hall–Kier alpha value is -2.84. The van der Waals surface area contributed by atoms with Gasteiger partial charge in [0.05, 0.1) is 5.56 Å². The second kappa shape index (κ2) is 9.91. The number of hydrogen-bond donors (Lipinski definition) is 4. The third-order valence-corrected chi connectivity index (χ3v) is 3.87. The van der Waals surface area contributed by atoms with Crippen LogP contribution in [0.15, 0.2) is 42.5 Å². The predicted molar refractivity (Wildman–Crippen MR) is 110 cm³/mol. The lowest BCUT2D eigenvalue weighted by atomic mass is 10.1. The summed E-state index contributed by atoms with van der Waals surface area (Å²) in [4.78, 5) is 24.0. The zero-order valence-electron chi connectivity index (χ0n) is 15.3. The first-order valence-electron chi connectivity index (χ1n) is 8.23. The van der Waals surface area contributed by atoms with Crippen LogP contribution >= 0.6 is 17.0 Å². The molecular formula is C20H22BrNO6. The Bertz CT molecular complexity index is 894. The van der Waals surface area contributed by atoms with Crippen molar-refractivity contribution in [2.24, 2.45) is 11.7 Å². The molecule has 5 N–H and O–H groups in total. The molecule has 2 aromatic carbocycles. The molecule has 0 saturated carbocycles. The lowest BCUT2D eigenvalue weighted by molar-refractivity contribution is -0.136. The van der Waals surface area contributed by atoms with Crippen LogP contribution in [0.2, 0.25) is 0 Å². The Balaban J connectivity index is 0.00000392. The minimum absolute atomic E-state index is 0. The number of allylic oxidation sites excluding steroid dienone is 1. The van der Waals surface area contributed by atoms with E-state index in [1.807, 2.05) is 0 Å². The first kappa shape index (κ1) is 23.2. The van der Waals surface area contributed by atoms with Crippen molar-refractivity contribution in [1.82, 2.24) is 0 Å². The molecule has 0 aliphatic carbocycles. The highest BCUT2D eigenvalue weighted by atomic mass is 79.9. The maximum atomic E-state index is 12.1. The van der Waals surface area contributed by atoms with Gasteiger partial charge in [-0.3, -0.25) is 4.79 Å². The number of aromatic hydroxyl groups is 3. The molecule has 0 radical (unpaired) electrons. The van der Waals surface area contributed by atoms with E-state index in [4.69, 9.17) is 10.5 Å². The monoisotopic (exact) mass is 451 g/mol. The third kappa shape index (κ3) is 5.83. The molecule has 0 spiro atoms. The molecule has 0 amide bonds. The van der Waals surface area contributed by atoms with Gasteiger partial charge >= 0.3 is 5.97 Å². The van der Waals surface area contributed by atoms with Crippen LogP contribution in [0, 0.1) is 5.92 Å². The second-order valence-corrected chi connectivity index (χ2v) is 6.31. The number of ether oxygens (including phenoxy) is 1. The Morgan fingerprint density at radius 2 is 1.71 bits per heavy atom. The van der Waals surface area contributed by atoms with Crippen LogP contribution in [0.3, 0.4) is 0 Å². The maximum Gasteiger partial charge on any atom is 0.328 e. The highest BCUT2D eigenvalue weighted by Crippen LogP contribution is 2.27. The minimum Gasteiger partial charge on any atom is -0.508 e. The van der Waals surface area contributed by atoms with Crippen molar-refractivity contribution in [3.05, 3.63) is 53.6 Å². The molecule has 150 valence electrons. The number of carbonyl (C=O) groups excluding carboxylic acids is 2. The van der Waals surface area contributed by atoms with Crippen LogP contribution in [0.5, 0.6) is 23.0 Å². The fourth-order valence-corrected chi connectivity index (χ4v) is 2.16. The number of benzene rings is 2. The number of ketones is 1. The summed E-state index contributed by atoms with van der Waals surface area (Å²) in [6.45, 7) is 3.58. The smallest absolute Gasteiger partial charge is 0.328 e. The first-order chi connectivity index (χ1) is 12.7. The van der Waals surface area contributed by atoms with Crippen molar-refractivity contribution in [2.75, 3.05) is 0 Å². The van der Waals surface area contributed by atoms with E-state index in [2.05, 4.69) is 0 Å². The van der Waals surface area contributed by atoms with E-state index in [1.165, 1.54) is 36.4 Å². The second-order valence-electron chi connectivity index (χ2n) is 6.31. The van der Waals surface area contributed by atoms with Gasteiger partial charge in [0.15, 0.2) is 5.78 Å². The van der Waals surface area contributed by atoms with Crippen LogP contribution in [0.4, 0.5) is 0 Å². The number of rotatable bonds is 6. The van der Waals surface area contributed by atoms with E-state index in [0.717, 1.165) is 12.1 Å². The quantitative estimate of drug-likeness (QED) is 0.174. The van der Waals surface area contributed by atoms with Gasteiger partial charge in [-0.05, 0) is 48.4 Å². The van der Waals surface area contributed by atoms with E-state index < -0.39 is 17.8 Å². The van der Waals surface area contributed by atoms with Gasteiger partial charge in [0.2, 0.25) is 0 Å². The van der Waals surface area contributed by atoms with E-state index >= 15 is 0 Å². The lowest BCUT2D eigenvalue weighted by Crippen LogP contribution is -2.38. The van der Waals surface area contributed by atoms with Crippen molar-refractivity contribution in [3.8, 4) is 23.0 Å². The molecule has 0 aromatic heterocycles. The molecule has 1 atom stereocenters. The molecule has 0 heterocycles. The summed E-state index contributed by atoms with van der Waals surface area (Å²) in [6.07, 6.45) is 2.48. The Labute approximate surface area is 172 Å². The summed E-state index contributed by atoms with van der Waals surface area (Å²) in [5.41, 5.74) is 5.94. The van der Waals surface area contributed by atoms with Gasteiger partial charge in [-0.1, -0.05) is 13.8 Å². The van der Waals surface area contributed by atoms with Crippen molar-refractivity contribution in [3.63, 3.8) is 0 Å². The molecular weight excluding hydrogens is 430 g/mol. The van der Waals surface area contributed by atoms with Gasteiger partial charge in [-0.15, -0.1) is 17.0 Å². The van der Waals surface area contributed by atoms with Crippen molar-refractivity contribution in [2.45, 2.75) is 19.9 Å². The Morgan fingerprint density at radius 3 is 2.32 bits per heavy atom. The average molecular weight is 452 g/mol. The lowest BCUT2D eigenvalue weighted by Gasteiger charge is -2.14. The van der Waals surface area contributed by atoms with E-state index in [9.17, 15) is 24.9 Å². The van der Waals surface area contributed by atoms with E-state index in [-0.39, 0.29) is 51.5 Å². The van der Waals surface area contributed by atoms with Crippen LogP contribution in [0.25, 0.3) is 6.08 Å². The van der Waals surface area contributed by atoms with E-state index in [0.29, 0.717) is 5.56 Å². The van der Waals surface area contributed by atoms with Gasteiger partial charge in [0.1, 0.15) is 29.0 Å². The molecule has 0 fully saturated rings. The molecule has 8 heteroatoms. The molecule has 0 aliphatic heterocycles. The summed E-state index contributed by atoms with van der Waals surface area (Å²) in [5.74, 6) is -1.75. The maximum absolute atomic E-state index is 12.1. The van der Waals surface area contributed by atoms with Crippen molar-refractivity contribution in [1.29, 1.82) is 0 Å². The third-order valence-electron chi connectivity index (χ3n) is 3.87. The average Bonchev–Trinajstić information content (AvgIpc) is 2.61. The van der Waals surface area contributed by atoms with Crippen molar-refractivity contribution >= 4 is 34.8 Å². The summed E-state index contributed by atoms with van der Waals surface area (Å²) < 4.78 is 5.12. The topological polar surface area (TPSA) is 130 Å². The van der Waals surface area contributed by atoms with E-state index in [1.54, 1.807) is 13.8 Å². The van der Waals surface area contributed by atoms with Gasteiger partial charge in [-0.25, -0.2) is 4.79 Å². The zero-order chi connectivity index (χ0) is 20.1. The van der Waals surface area contributed by atoms with Crippen LogP contribution < -0.4 is 10.5 Å². The predicted octanol–water partition coefficient (Wildman–Crippen LogP) is 3.17. The van der Waals surface area contributed by atoms with Gasteiger partial charge < -0.3 is 25.8 Å². The SMILES string of the molecule is Br.CC(C)[C@H](N)C(=O)Oc1ccc(/C=C/C(=O)c2cc(O)ccc2O)c(O)c1. The molecule has 28 heavy (non-hydrogen) atoms. The number of halogens is 1. The summed E-state index contributed by atoms with van der Waals surface area (Å²) >= 11 is 0. The molecule has 0 aliphatic rings.